The topological polar surface area (TPSA) is 62.6 Å². The second-order valence-electron chi connectivity index (χ2n) is 6.17. The van der Waals surface area contributed by atoms with Crippen LogP contribution in [0.3, 0.4) is 0 Å². The third kappa shape index (κ3) is 5.35. The van der Waals surface area contributed by atoms with Gasteiger partial charge in [-0.15, -0.1) is 0 Å². The Labute approximate surface area is 167 Å². The summed E-state index contributed by atoms with van der Waals surface area (Å²) >= 11 is 3.48. The molecule has 0 aliphatic rings. The maximum atomic E-state index is 12.1. The van der Waals surface area contributed by atoms with E-state index in [1.165, 1.54) is 16.5 Å². The molecule has 0 atom stereocenters. The first-order valence-corrected chi connectivity index (χ1v) is 9.04. The number of likely N-dealkylation sites (N-methyl/N-ethyl adjacent to an activating group) is 1. The van der Waals surface area contributed by atoms with Crippen LogP contribution < -0.4 is 9.47 Å². The lowest BCUT2D eigenvalue weighted by Gasteiger charge is -2.14. The maximum Gasteiger partial charge on any atom is 0.264 e. The van der Waals surface area contributed by atoms with Crippen molar-refractivity contribution in [3.63, 3.8) is 0 Å². The van der Waals surface area contributed by atoms with E-state index in [9.17, 15) is 10.1 Å². The molecule has 0 aliphatic carbocycles. The molecule has 0 heterocycles. The number of benzene rings is 2. The number of carbonyl (C=O) groups excluding carboxylic acids is 1. The van der Waals surface area contributed by atoms with Crippen molar-refractivity contribution >= 4 is 27.9 Å². The average Bonchev–Trinajstić information content (AvgIpc) is 2.66. The number of aryl methyl sites for hydroxylation is 1. The van der Waals surface area contributed by atoms with Crippen LogP contribution in [0.4, 0.5) is 0 Å². The van der Waals surface area contributed by atoms with E-state index in [0.717, 1.165) is 5.56 Å². The van der Waals surface area contributed by atoms with Gasteiger partial charge in [0, 0.05) is 18.6 Å². The molecule has 2 rings (SSSR count). The summed E-state index contributed by atoms with van der Waals surface area (Å²) in [7, 11) is 4.75. The van der Waals surface area contributed by atoms with Crippen molar-refractivity contribution in [1.29, 1.82) is 5.26 Å². The summed E-state index contributed by atoms with van der Waals surface area (Å²) in [6, 6.07) is 13.5. The molecule has 2 aromatic rings. The van der Waals surface area contributed by atoms with E-state index in [1.54, 1.807) is 33.3 Å². The largest absolute Gasteiger partial charge is 0.493 e. The number of halogens is 1. The standard InChI is InChI=1S/C21H21BrN2O3/c1-14-5-7-15(8-6-14)13-27-20-11-18(22)16(10-19(20)26-4)9-17(12-23)21(25)24(2)3/h5-11H,13H2,1-4H3/b17-9-. The smallest absolute Gasteiger partial charge is 0.264 e. The number of carbonyl (C=O) groups is 1. The van der Waals surface area contributed by atoms with Crippen molar-refractivity contribution in [3.05, 3.63) is 63.1 Å². The van der Waals surface area contributed by atoms with Crippen LogP contribution >= 0.6 is 15.9 Å². The zero-order chi connectivity index (χ0) is 20.0. The number of methoxy groups -OCH3 is 1. The van der Waals surface area contributed by atoms with E-state index in [2.05, 4.69) is 15.9 Å². The highest BCUT2D eigenvalue weighted by Crippen LogP contribution is 2.35. The van der Waals surface area contributed by atoms with Crippen LogP contribution in [0.15, 0.2) is 46.4 Å². The second-order valence-corrected chi connectivity index (χ2v) is 7.02. The molecule has 0 fully saturated rings. The molecule has 0 bridgehead atoms. The van der Waals surface area contributed by atoms with Crippen LogP contribution in [-0.2, 0) is 11.4 Å². The monoisotopic (exact) mass is 428 g/mol. The molecule has 1 amide bonds. The van der Waals surface area contributed by atoms with Crippen molar-refractivity contribution in [2.45, 2.75) is 13.5 Å². The molecule has 0 spiro atoms. The molecule has 0 saturated heterocycles. The Morgan fingerprint density at radius 2 is 1.89 bits per heavy atom. The Balaban J connectivity index is 2.29. The zero-order valence-electron chi connectivity index (χ0n) is 15.7. The predicted octanol–water partition coefficient (Wildman–Crippen LogP) is 4.34. The maximum absolute atomic E-state index is 12.1. The summed E-state index contributed by atoms with van der Waals surface area (Å²) in [5.74, 6) is 0.730. The Bertz CT molecular complexity index is 897. The lowest BCUT2D eigenvalue weighted by molar-refractivity contribution is -0.124. The van der Waals surface area contributed by atoms with Crippen LogP contribution in [0.2, 0.25) is 0 Å². The molecular weight excluding hydrogens is 408 g/mol. The molecule has 0 unspecified atom stereocenters. The summed E-state index contributed by atoms with van der Waals surface area (Å²) in [6.45, 7) is 2.44. The molecule has 0 aliphatic heterocycles. The number of amides is 1. The fourth-order valence-corrected chi connectivity index (χ4v) is 2.75. The molecule has 5 nitrogen and oxygen atoms in total. The van der Waals surface area contributed by atoms with Gasteiger partial charge in [0.2, 0.25) is 0 Å². The van der Waals surface area contributed by atoms with Gasteiger partial charge in [-0.05, 0) is 36.3 Å². The number of nitrogens with zero attached hydrogens (tertiary/aromatic N) is 2. The number of ether oxygens (including phenoxy) is 2. The summed E-state index contributed by atoms with van der Waals surface area (Å²) in [5, 5.41) is 9.27. The van der Waals surface area contributed by atoms with Gasteiger partial charge in [-0.3, -0.25) is 4.79 Å². The van der Waals surface area contributed by atoms with Gasteiger partial charge in [0.05, 0.1) is 7.11 Å². The number of rotatable bonds is 6. The van der Waals surface area contributed by atoms with Crippen LogP contribution in [0, 0.1) is 18.3 Å². The van der Waals surface area contributed by atoms with Crippen molar-refractivity contribution in [1.82, 2.24) is 4.90 Å². The van der Waals surface area contributed by atoms with Gasteiger partial charge in [-0.2, -0.15) is 5.26 Å². The van der Waals surface area contributed by atoms with Crippen molar-refractivity contribution in [2.75, 3.05) is 21.2 Å². The first-order valence-electron chi connectivity index (χ1n) is 8.25. The third-order valence-electron chi connectivity index (χ3n) is 3.85. The van der Waals surface area contributed by atoms with Crippen molar-refractivity contribution < 1.29 is 14.3 Å². The molecule has 27 heavy (non-hydrogen) atoms. The first kappa shape index (κ1) is 20.5. The van der Waals surface area contributed by atoms with Crippen molar-refractivity contribution in [2.24, 2.45) is 0 Å². The lowest BCUT2D eigenvalue weighted by atomic mass is 10.1. The van der Waals surface area contributed by atoms with Crippen LogP contribution in [0.1, 0.15) is 16.7 Å². The molecule has 6 heteroatoms. The normalized spacial score (nSPS) is 10.9. The van der Waals surface area contributed by atoms with E-state index in [4.69, 9.17) is 9.47 Å². The fourth-order valence-electron chi connectivity index (χ4n) is 2.32. The van der Waals surface area contributed by atoms with Crippen molar-refractivity contribution in [3.8, 4) is 17.6 Å². The minimum atomic E-state index is -0.358. The molecule has 0 radical (unpaired) electrons. The van der Waals surface area contributed by atoms with Gasteiger partial charge in [0.25, 0.3) is 5.91 Å². The summed E-state index contributed by atoms with van der Waals surface area (Å²) in [6.07, 6.45) is 1.53. The number of nitriles is 1. The highest BCUT2D eigenvalue weighted by atomic mass is 79.9. The van der Waals surface area contributed by atoms with E-state index in [1.807, 2.05) is 37.3 Å². The van der Waals surface area contributed by atoms with Gasteiger partial charge in [-0.25, -0.2) is 0 Å². The minimum Gasteiger partial charge on any atom is -0.493 e. The molecule has 0 N–H and O–H groups in total. The van der Waals surface area contributed by atoms with Crippen LogP contribution in [-0.4, -0.2) is 32.0 Å². The molecule has 0 aromatic heterocycles. The number of hydrogen-bond acceptors (Lipinski definition) is 4. The van der Waals surface area contributed by atoms with E-state index in [-0.39, 0.29) is 11.5 Å². The Kier molecular flexibility index (Phi) is 7.03. The van der Waals surface area contributed by atoms with Gasteiger partial charge in [0.1, 0.15) is 18.2 Å². The van der Waals surface area contributed by atoms with Gasteiger partial charge >= 0.3 is 0 Å². The first-order chi connectivity index (χ1) is 12.8. The summed E-state index contributed by atoms with van der Waals surface area (Å²) in [5.41, 5.74) is 2.93. The molecule has 0 saturated carbocycles. The number of hydrogen-bond donors (Lipinski definition) is 0. The van der Waals surface area contributed by atoms with Gasteiger partial charge in [-0.1, -0.05) is 45.8 Å². The minimum absolute atomic E-state index is 0.0380. The highest BCUT2D eigenvalue weighted by molar-refractivity contribution is 9.10. The van der Waals surface area contributed by atoms with E-state index < -0.39 is 0 Å². The highest BCUT2D eigenvalue weighted by Gasteiger charge is 2.14. The Hall–Kier alpha value is -2.78. The second kappa shape index (κ2) is 9.24. The van der Waals surface area contributed by atoms with E-state index in [0.29, 0.717) is 28.1 Å². The van der Waals surface area contributed by atoms with Crippen LogP contribution in [0.5, 0.6) is 11.5 Å². The Morgan fingerprint density at radius 1 is 1.22 bits per heavy atom. The van der Waals surface area contributed by atoms with Crippen LogP contribution in [0.25, 0.3) is 6.08 Å². The average molecular weight is 429 g/mol. The zero-order valence-corrected chi connectivity index (χ0v) is 17.3. The fraction of sp³-hybridized carbons (Fsp3) is 0.238. The van der Waals surface area contributed by atoms with Gasteiger partial charge < -0.3 is 14.4 Å². The summed E-state index contributed by atoms with van der Waals surface area (Å²) in [4.78, 5) is 13.4. The predicted molar refractivity (Wildman–Crippen MR) is 108 cm³/mol. The SMILES string of the molecule is COc1cc(/C=C(/C#N)C(=O)N(C)C)c(Br)cc1OCc1ccc(C)cc1. The lowest BCUT2D eigenvalue weighted by Crippen LogP contribution is -2.22. The quantitative estimate of drug-likeness (QED) is 0.506. The van der Waals surface area contributed by atoms with Gasteiger partial charge in [0.15, 0.2) is 11.5 Å². The molecular formula is C21H21BrN2O3. The molecule has 140 valence electrons. The third-order valence-corrected chi connectivity index (χ3v) is 4.54. The molecule has 2 aromatic carbocycles. The Morgan fingerprint density at radius 3 is 2.44 bits per heavy atom. The van der Waals surface area contributed by atoms with E-state index >= 15 is 0 Å². The summed E-state index contributed by atoms with van der Waals surface area (Å²) < 4.78 is 12.0.